The molecule has 0 bridgehead atoms. The van der Waals surface area contributed by atoms with E-state index in [9.17, 15) is 13.2 Å². The Morgan fingerprint density at radius 3 is 2.37 bits per heavy atom. The number of hydrogen-bond donors (Lipinski definition) is 0. The van der Waals surface area contributed by atoms with Crippen molar-refractivity contribution in [2.75, 3.05) is 21.3 Å². The van der Waals surface area contributed by atoms with Crippen LogP contribution >= 0.6 is 11.8 Å². The lowest BCUT2D eigenvalue weighted by molar-refractivity contribution is -0.140. The first-order chi connectivity index (χ1) is 19.8. The van der Waals surface area contributed by atoms with Crippen molar-refractivity contribution in [3.8, 4) is 28.6 Å². The van der Waals surface area contributed by atoms with Crippen LogP contribution in [0.1, 0.15) is 13.3 Å². The van der Waals surface area contributed by atoms with E-state index in [1.54, 1.807) is 85.6 Å². The Morgan fingerprint density at radius 1 is 0.951 bits per heavy atom. The van der Waals surface area contributed by atoms with Gasteiger partial charge in [0.05, 0.1) is 37.4 Å². The van der Waals surface area contributed by atoms with Gasteiger partial charge in [0.2, 0.25) is 0 Å². The van der Waals surface area contributed by atoms with E-state index in [2.05, 4.69) is 10.2 Å². The highest BCUT2D eigenvalue weighted by molar-refractivity contribution is 8.00. The third-order valence-corrected chi connectivity index (χ3v) is 9.53. The zero-order valence-electron chi connectivity index (χ0n) is 22.8. The molecule has 2 aromatic heterocycles. The van der Waals surface area contributed by atoms with E-state index in [1.165, 1.54) is 22.8 Å². The fraction of sp³-hybridized carbons (Fsp3) is 0.207. The number of rotatable bonds is 10. The minimum atomic E-state index is -3.94. The second kappa shape index (κ2) is 11.7. The van der Waals surface area contributed by atoms with Crippen molar-refractivity contribution >= 4 is 38.7 Å². The number of benzene rings is 3. The lowest BCUT2D eigenvalue weighted by Crippen LogP contribution is -2.18. The predicted molar refractivity (Wildman–Crippen MR) is 156 cm³/mol. The van der Waals surface area contributed by atoms with Crippen LogP contribution in [0.5, 0.6) is 11.5 Å². The molecule has 1 atom stereocenters. The van der Waals surface area contributed by atoms with Crippen LogP contribution in [0.25, 0.3) is 28.0 Å². The number of thioether (sulfide) groups is 1. The molecule has 3 aromatic carbocycles. The Kier molecular flexibility index (Phi) is 8.04. The summed E-state index contributed by atoms with van der Waals surface area (Å²) >= 11 is 1.20. The highest BCUT2D eigenvalue weighted by Crippen LogP contribution is 2.39. The van der Waals surface area contributed by atoms with Gasteiger partial charge in [-0.15, -0.1) is 10.2 Å². The van der Waals surface area contributed by atoms with Gasteiger partial charge in [-0.1, -0.05) is 55.1 Å². The Labute approximate surface area is 241 Å². The molecule has 0 radical (unpaired) electrons. The van der Waals surface area contributed by atoms with Crippen molar-refractivity contribution in [2.45, 2.75) is 28.6 Å². The summed E-state index contributed by atoms with van der Waals surface area (Å²) < 4.78 is 46.7. The smallest absolute Gasteiger partial charge is 0.319 e. The van der Waals surface area contributed by atoms with E-state index in [-0.39, 0.29) is 4.90 Å². The second-order valence-corrected chi connectivity index (χ2v) is 11.9. The zero-order valence-corrected chi connectivity index (χ0v) is 24.5. The second-order valence-electron chi connectivity index (χ2n) is 8.89. The lowest BCUT2D eigenvalue weighted by atomic mass is 10.1. The quantitative estimate of drug-likeness (QED) is 0.160. The molecule has 0 aliphatic carbocycles. The first kappa shape index (κ1) is 28.2. The molecule has 0 aliphatic rings. The van der Waals surface area contributed by atoms with Crippen LogP contribution in [0.4, 0.5) is 0 Å². The van der Waals surface area contributed by atoms with Crippen molar-refractivity contribution in [3.05, 3.63) is 79.0 Å². The van der Waals surface area contributed by atoms with Crippen molar-refractivity contribution in [3.63, 3.8) is 0 Å². The van der Waals surface area contributed by atoms with Crippen LogP contribution < -0.4 is 9.47 Å². The predicted octanol–water partition coefficient (Wildman–Crippen LogP) is 5.19. The van der Waals surface area contributed by atoms with Crippen LogP contribution in [0.3, 0.4) is 0 Å². The Morgan fingerprint density at radius 2 is 1.68 bits per heavy atom. The molecule has 0 aliphatic heterocycles. The Balaban J connectivity index is 1.79. The molecule has 10 nitrogen and oxygen atoms in total. The highest BCUT2D eigenvalue weighted by Gasteiger charge is 2.29. The molecule has 0 saturated heterocycles. The van der Waals surface area contributed by atoms with E-state index >= 15 is 0 Å². The number of nitrogens with zero attached hydrogens (tertiary/aromatic N) is 4. The molecule has 0 unspecified atom stereocenters. The molecular weight excluding hydrogens is 564 g/mol. The molecule has 41 heavy (non-hydrogen) atoms. The average molecular weight is 593 g/mol. The molecule has 0 spiro atoms. The van der Waals surface area contributed by atoms with E-state index in [1.807, 2.05) is 19.1 Å². The fourth-order valence-electron chi connectivity index (χ4n) is 4.50. The number of aromatic nitrogens is 4. The highest BCUT2D eigenvalue weighted by atomic mass is 32.2. The molecule has 0 amide bonds. The topological polar surface area (TPSA) is 115 Å². The number of fused-ring (bicyclic) bond motifs is 1. The molecule has 0 fully saturated rings. The van der Waals surface area contributed by atoms with Crippen molar-refractivity contribution in [2.24, 2.45) is 0 Å². The normalized spacial score (nSPS) is 12.3. The Hall–Kier alpha value is -4.29. The van der Waals surface area contributed by atoms with Crippen molar-refractivity contribution in [1.82, 2.24) is 18.7 Å². The molecule has 5 rings (SSSR count). The summed E-state index contributed by atoms with van der Waals surface area (Å²) in [6, 6.07) is 20.7. The minimum absolute atomic E-state index is 0.156. The molecular formula is C29H28N4O6S2. The van der Waals surface area contributed by atoms with Crippen molar-refractivity contribution < 1.29 is 27.4 Å². The number of carbonyl (C=O) groups excluding carboxylic acids is 1. The lowest BCUT2D eigenvalue weighted by Gasteiger charge is -2.17. The largest absolute Gasteiger partial charge is 0.497 e. The van der Waals surface area contributed by atoms with Gasteiger partial charge < -0.3 is 14.2 Å². The van der Waals surface area contributed by atoms with E-state index in [4.69, 9.17) is 14.2 Å². The third-order valence-electron chi connectivity index (χ3n) is 6.56. The number of carbonyl (C=O) groups is 1. The van der Waals surface area contributed by atoms with Gasteiger partial charge in [-0.2, -0.15) is 0 Å². The molecule has 12 heteroatoms. The maximum atomic E-state index is 13.8. The Bertz CT molecular complexity index is 1820. The molecule has 212 valence electrons. The summed E-state index contributed by atoms with van der Waals surface area (Å²) in [6.45, 7) is 1.88. The van der Waals surface area contributed by atoms with Gasteiger partial charge in [0.25, 0.3) is 10.0 Å². The number of para-hydroxylation sites is 1. The molecule has 2 heterocycles. The van der Waals surface area contributed by atoms with Crippen LogP contribution in [-0.2, 0) is 19.6 Å². The van der Waals surface area contributed by atoms with E-state index < -0.39 is 21.2 Å². The zero-order chi connectivity index (χ0) is 29.1. The van der Waals surface area contributed by atoms with Gasteiger partial charge in [-0.25, -0.2) is 12.4 Å². The van der Waals surface area contributed by atoms with Crippen LogP contribution in [-0.4, -0.2) is 59.7 Å². The summed E-state index contributed by atoms with van der Waals surface area (Å²) in [5.74, 6) is 1.03. The number of hydrogen-bond acceptors (Lipinski definition) is 9. The maximum absolute atomic E-state index is 13.8. The van der Waals surface area contributed by atoms with Gasteiger partial charge in [-0.3, -0.25) is 9.36 Å². The minimum Gasteiger partial charge on any atom is -0.497 e. The molecule has 0 N–H and O–H groups in total. The molecule has 0 saturated carbocycles. The summed E-state index contributed by atoms with van der Waals surface area (Å²) in [7, 11) is 0.507. The SMILES string of the molecule is CC[C@@H](Sc1nnc(-c2cn(S(=O)(=O)c3ccccc3)c3ccccc23)n1-c1cc(OC)ccc1OC)C(=O)OC. The summed E-state index contributed by atoms with van der Waals surface area (Å²) in [5.41, 5.74) is 1.56. The van der Waals surface area contributed by atoms with E-state index in [0.717, 1.165) is 0 Å². The van der Waals surface area contributed by atoms with Crippen LogP contribution in [0, 0.1) is 0 Å². The van der Waals surface area contributed by atoms with Crippen molar-refractivity contribution in [1.29, 1.82) is 0 Å². The molecule has 5 aromatic rings. The van der Waals surface area contributed by atoms with Gasteiger partial charge in [0, 0.05) is 23.2 Å². The number of esters is 1. The van der Waals surface area contributed by atoms with E-state index in [0.29, 0.717) is 51.1 Å². The first-order valence-electron chi connectivity index (χ1n) is 12.7. The average Bonchev–Trinajstić information content (AvgIpc) is 3.61. The third kappa shape index (κ3) is 5.16. The number of methoxy groups -OCH3 is 3. The van der Waals surface area contributed by atoms with Crippen LogP contribution in [0.15, 0.2) is 89.0 Å². The van der Waals surface area contributed by atoms with Gasteiger partial charge in [-0.05, 0) is 36.8 Å². The van der Waals surface area contributed by atoms with Gasteiger partial charge in [0.15, 0.2) is 11.0 Å². The van der Waals surface area contributed by atoms with Crippen LogP contribution in [0.2, 0.25) is 0 Å². The summed E-state index contributed by atoms with van der Waals surface area (Å²) in [5, 5.41) is 9.47. The van der Waals surface area contributed by atoms with Gasteiger partial charge in [0.1, 0.15) is 16.7 Å². The fourth-order valence-corrected chi connectivity index (χ4v) is 6.88. The number of ether oxygens (including phenoxy) is 3. The maximum Gasteiger partial charge on any atom is 0.319 e. The first-order valence-corrected chi connectivity index (χ1v) is 15.0. The standard InChI is InChI=1S/C29H28N4O6S2/c1-5-26(28(34)39-4)40-29-31-30-27(33(29)24-17-19(37-2)15-16-25(24)38-3)22-18-32(23-14-10-9-13-21(22)23)41(35,36)20-11-7-6-8-12-20/h6-18,26H,5H2,1-4H3/t26-/m1/s1. The summed E-state index contributed by atoms with van der Waals surface area (Å²) in [6.07, 6.45) is 2.04. The van der Waals surface area contributed by atoms with Gasteiger partial charge >= 0.3 is 5.97 Å². The summed E-state index contributed by atoms with van der Waals surface area (Å²) in [4.78, 5) is 12.7. The monoisotopic (exact) mass is 592 g/mol.